The van der Waals surface area contributed by atoms with Crippen LogP contribution in [-0.2, 0) is 6.54 Å². The molecule has 1 atom stereocenters. The van der Waals surface area contributed by atoms with E-state index in [2.05, 4.69) is 37.2 Å². The first kappa shape index (κ1) is 23.0. The van der Waals surface area contributed by atoms with Gasteiger partial charge in [-0.15, -0.1) is 0 Å². The molecule has 2 aliphatic carbocycles. The van der Waals surface area contributed by atoms with Gasteiger partial charge in [0, 0.05) is 24.8 Å². The predicted octanol–water partition coefficient (Wildman–Crippen LogP) is 5.53. The first-order valence-corrected chi connectivity index (χ1v) is 11.4. The largest absolute Gasteiger partial charge is 0.390 e. The van der Waals surface area contributed by atoms with Gasteiger partial charge in [-0.2, -0.15) is 0 Å². The molecule has 0 radical (unpaired) electrons. The van der Waals surface area contributed by atoms with Gasteiger partial charge >= 0.3 is 0 Å². The van der Waals surface area contributed by atoms with Gasteiger partial charge in [0.2, 0.25) is 5.92 Å². The summed E-state index contributed by atoms with van der Waals surface area (Å²) in [5.74, 6) is -7.72. The van der Waals surface area contributed by atoms with Crippen LogP contribution in [0.4, 0.5) is 27.6 Å². The van der Waals surface area contributed by atoms with Crippen molar-refractivity contribution in [2.45, 2.75) is 50.1 Å². The van der Waals surface area contributed by atoms with E-state index in [1.54, 1.807) is 0 Å². The lowest BCUT2D eigenvalue weighted by Crippen LogP contribution is -2.45. The van der Waals surface area contributed by atoms with Gasteiger partial charge in [0.05, 0.1) is 21.7 Å². The van der Waals surface area contributed by atoms with E-state index in [9.17, 15) is 31.9 Å². The van der Waals surface area contributed by atoms with E-state index < -0.39 is 41.8 Å². The minimum Gasteiger partial charge on any atom is -0.390 e. The SMILES string of the molecule is O=c1c(Br)c(N[C@@H](C2CC2)C(F)(F)CO)c2cc(Br)c(F)cc2n1CC1CC(F)(F)C1. The lowest BCUT2D eigenvalue weighted by atomic mass is 9.81. The highest BCUT2D eigenvalue weighted by Crippen LogP contribution is 2.45. The summed E-state index contributed by atoms with van der Waals surface area (Å²) in [6, 6.07) is 1.04. The van der Waals surface area contributed by atoms with Crippen molar-refractivity contribution in [1.82, 2.24) is 4.57 Å². The summed E-state index contributed by atoms with van der Waals surface area (Å²) < 4.78 is 70.9. The Balaban J connectivity index is 1.83. The summed E-state index contributed by atoms with van der Waals surface area (Å²) in [4.78, 5) is 13.0. The number of halogens is 7. The summed E-state index contributed by atoms with van der Waals surface area (Å²) >= 11 is 6.25. The predicted molar refractivity (Wildman–Crippen MR) is 113 cm³/mol. The Morgan fingerprint density at radius 2 is 1.90 bits per heavy atom. The fourth-order valence-corrected chi connectivity index (χ4v) is 5.04. The Morgan fingerprint density at radius 3 is 2.45 bits per heavy atom. The number of benzene rings is 1. The van der Waals surface area contributed by atoms with Crippen LogP contribution in [0.25, 0.3) is 10.9 Å². The van der Waals surface area contributed by atoms with E-state index in [4.69, 9.17) is 0 Å². The van der Waals surface area contributed by atoms with Crippen molar-refractivity contribution in [2.75, 3.05) is 11.9 Å². The Hall–Kier alpha value is -1.20. The number of alkyl halides is 4. The molecule has 2 saturated carbocycles. The van der Waals surface area contributed by atoms with Crippen LogP contribution in [0.5, 0.6) is 0 Å². The van der Waals surface area contributed by atoms with E-state index in [1.807, 2.05) is 0 Å². The molecule has 4 nitrogen and oxygen atoms in total. The van der Waals surface area contributed by atoms with E-state index >= 15 is 0 Å². The van der Waals surface area contributed by atoms with Gasteiger partial charge in [0.1, 0.15) is 16.9 Å². The molecule has 4 rings (SSSR count). The number of nitrogens with one attached hydrogen (secondary N) is 1. The Labute approximate surface area is 191 Å². The smallest absolute Gasteiger partial charge is 0.290 e. The van der Waals surface area contributed by atoms with Crippen LogP contribution in [0, 0.1) is 17.7 Å². The third kappa shape index (κ3) is 4.37. The van der Waals surface area contributed by atoms with Crippen molar-refractivity contribution < 1.29 is 27.1 Å². The maximum Gasteiger partial charge on any atom is 0.290 e. The molecule has 170 valence electrons. The summed E-state index contributed by atoms with van der Waals surface area (Å²) in [5, 5.41) is 12.2. The third-order valence-electron chi connectivity index (χ3n) is 5.93. The van der Waals surface area contributed by atoms with E-state index in [0.29, 0.717) is 12.8 Å². The second-order valence-electron chi connectivity index (χ2n) is 8.40. The fourth-order valence-electron chi connectivity index (χ4n) is 4.16. The van der Waals surface area contributed by atoms with Crippen LogP contribution in [0.1, 0.15) is 25.7 Å². The zero-order valence-corrected chi connectivity index (χ0v) is 19.2. The zero-order valence-electron chi connectivity index (χ0n) is 16.1. The normalized spacial score (nSPS) is 20.0. The lowest BCUT2D eigenvalue weighted by molar-refractivity contribution is -0.114. The molecule has 2 fully saturated rings. The van der Waals surface area contributed by atoms with Gasteiger partial charge in [-0.25, -0.2) is 22.0 Å². The molecule has 2 aromatic rings. The quantitative estimate of drug-likeness (QED) is 0.428. The highest BCUT2D eigenvalue weighted by atomic mass is 79.9. The van der Waals surface area contributed by atoms with Crippen LogP contribution < -0.4 is 10.9 Å². The highest BCUT2D eigenvalue weighted by molar-refractivity contribution is 9.11. The first-order chi connectivity index (χ1) is 14.4. The first-order valence-electron chi connectivity index (χ1n) is 9.77. The van der Waals surface area contributed by atoms with Crippen molar-refractivity contribution in [2.24, 2.45) is 11.8 Å². The molecule has 1 aromatic heterocycles. The van der Waals surface area contributed by atoms with Crippen molar-refractivity contribution >= 4 is 48.5 Å². The molecule has 0 amide bonds. The number of aromatic nitrogens is 1. The maximum absolute atomic E-state index is 14.4. The minimum atomic E-state index is -3.43. The maximum atomic E-state index is 14.4. The summed E-state index contributed by atoms with van der Waals surface area (Å²) in [6.45, 7) is -1.40. The number of rotatable bonds is 7. The molecular weight excluding hydrogens is 555 g/mol. The summed E-state index contributed by atoms with van der Waals surface area (Å²) in [7, 11) is 0. The molecule has 2 aliphatic rings. The summed E-state index contributed by atoms with van der Waals surface area (Å²) in [5.41, 5.74) is -0.455. The molecule has 11 heteroatoms. The number of aliphatic hydroxyl groups is 1. The van der Waals surface area contributed by atoms with Crippen LogP contribution in [0.15, 0.2) is 25.9 Å². The molecule has 1 heterocycles. The van der Waals surface area contributed by atoms with Gasteiger partial charge in [0.15, 0.2) is 0 Å². The topological polar surface area (TPSA) is 54.3 Å². The van der Waals surface area contributed by atoms with Crippen molar-refractivity contribution in [3.05, 3.63) is 37.2 Å². The van der Waals surface area contributed by atoms with E-state index in [0.717, 1.165) is 6.07 Å². The van der Waals surface area contributed by atoms with Gasteiger partial charge in [-0.3, -0.25) is 4.79 Å². The Bertz CT molecular complexity index is 1080. The zero-order chi connectivity index (χ0) is 22.7. The van der Waals surface area contributed by atoms with Gasteiger partial charge in [-0.1, -0.05) is 0 Å². The number of nitrogens with zero attached hydrogens (tertiary/aromatic N) is 1. The third-order valence-corrected chi connectivity index (χ3v) is 7.27. The number of aliphatic hydroxyl groups excluding tert-OH is 1. The molecule has 2 N–H and O–H groups in total. The number of pyridine rings is 1. The molecule has 31 heavy (non-hydrogen) atoms. The van der Waals surface area contributed by atoms with Crippen LogP contribution in [-0.4, -0.2) is 34.2 Å². The molecule has 0 spiro atoms. The van der Waals surface area contributed by atoms with Crippen molar-refractivity contribution in [3.63, 3.8) is 0 Å². The fraction of sp³-hybridized carbons (Fsp3) is 0.550. The van der Waals surface area contributed by atoms with Gasteiger partial charge in [0.25, 0.3) is 11.5 Å². The lowest BCUT2D eigenvalue weighted by Gasteiger charge is -2.35. The van der Waals surface area contributed by atoms with E-state index in [-0.39, 0.29) is 50.8 Å². The standard InChI is InChI=1S/C20H19Br2F5N2O2/c21-12-3-11-14(4-13(12)23)29(7-9-5-19(24,25)6-9)18(31)15(22)16(11)28-17(10-1-2-10)20(26,27)8-30/h3-4,9-10,17,28,30H,1-2,5-8H2/t17-/m0/s1. The molecular formula is C20H19Br2F5N2O2. The Morgan fingerprint density at radius 1 is 1.26 bits per heavy atom. The van der Waals surface area contributed by atoms with Crippen LogP contribution >= 0.6 is 31.9 Å². The monoisotopic (exact) mass is 572 g/mol. The number of hydrogen-bond acceptors (Lipinski definition) is 3. The second-order valence-corrected chi connectivity index (χ2v) is 10.0. The molecule has 0 bridgehead atoms. The van der Waals surface area contributed by atoms with Gasteiger partial charge < -0.3 is 15.0 Å². The molecule has 0 unspecified atom stereocenters. The minimum absolute atomic E-state index is 0.0380. The highest BCUT2D eigenvalue weighted by Gasteiger charge is 2.49. The number of hydrogen-bond donors (Lipinski definition) is 2. The molecule has 1 aromatic carbocycles. The van der Waals surface area contributed by atoms with Crippen molar-refractivity contribution in [3.8, 4) is 0 Å². The Kier molecular flexibility index (Phi) is 5.92. The average Bonchev–Trinajstić information content (AvgIpc) is 3.50. The second kappa shape index (κ2) is 7.98. The number of fused-ring (bicyclic) bond motifs is 1. The van der Waals surface area contributed by atoms with Crippen LogP contribution in [0.2, 0.25) is 0 Å². The molecule has 0 aliphatic heterocycles. The summed E-state index contributed by atoms with van der Waals surface area (Å²) in [6.07, 6.45) is 0.357. The average molecular weight is 574 g/mol. The van der Waals surface area contributed by atoms with Crippen molar-refractivity contribution in [1.29, 1.82) is 0 Å². The molecule has 0 saturated heterocycles. The van der Waals surface area contributed by atoms with Crippen LogP contribution in [0.3, 0.4) is 0 Å². The number of anilines is 1. The van der Waals surface area contributed by atoms with Gasteiger partial charge in [-0.05, 0) is 68.7 Å². The van der Waals surface area contributed by atoms with E-state index in [1.165, 1.54) is 10.6 Å².